The van der Waals surface area contributed by atoms with Crippen LogP contribution in [-0.2, 0) is 0 Å². The number of unbranched alkanes of at least 4 members (excludes halogenated alkanes) is 9. The number of fused-ring (bicyclic) bond motifs is 5. The average molecular weight is 443 g/mol. The lowest BCUT2D eigenvalue weighted by Gasteiger charge is -2.60. The van der Waals surface area contributed by atoms with Gasteiger partial charge in [0.2, 0.25) is 0 Å². The Hall–Kier alpha value is -0.300. The summed E-state index contributed by atoms with van der Waals surface area (Å²) in [6, 6.07) is 0. The molecule has 4 fully saturated rings. The highest BCUT2D eigenvalue weighted by Crippen LogP contribution is 2.67. The van der Waals surface area contributed by atoms with Crippen LogP contribution in [0.15, 0.2) is 11.6 Å². The highest BCUT2D eigenvalue weighted by atomic mass is 16.3. The normalized spacial score (nSPS) is 42.5. The minimum absolute atomic E-state index is 0.0134. The number of rotatable bonds is 10. The molecule has 0 radical (unpaired) electrons. The van der Waals surface area contributed by atoms with Gasteiger partial charge in [0.1, 0.15) is 0 Å². The van der Waals surface area contributed by atoms with Crippen molar-refractivity contribution >= 4 is 0 Å². The number of hydrogen-bond acceptors (Lipinski definition) is 1. The monoisotopic (exact) mass is 442 g/mol. The van der Waals surface area contributed by atoms with Gasteiger partial charge in [-0.3, -0.25) is 0 Å². The molecule has 1 heteroatoms. The van der Waals surface area contributed by atoms with Gasteiger partial charge in [-0.1, -0.05) is 83.8 Å². The first-order valence-electron chi connectivity index (χ1n) is 14.9. The zero-order valence-corrected chi connectivity index (χ0v) is 21.8. The molecule has 0 heterocycles. The highest BCUT2D eigenvalue weighted by molar-refractivity contribution is 5.24. The van der Waals surface area contributed by atoms with Crippen molar-refractivity contribution in [2.75, 3.05) is 0 Å². The molecule has 0 spiro atoms. The standard InChI is InChI=1S/C31H54O/c1-4-5-6-7-8-9-10-11-12-13-14-24-16-18-28-27-17-15-25-23-26(32)19-21-31(25,3)29(27)20-22-30(24,28)2/h14,25-29,32H,4-13,15-23H2,1-3H3/b24-14-/t25?,26-,27?,28?,29?,30+,31-/m0/s1. The van der Waals surface area contributed by atoms with Crippen LogP contribution in [0.3, 0.4) is 0 Å². The molecule has 0 amide bonds. The molecule has 0 aromatic heterocycles. The summed E-state index contributed by atoms with van der Waals surface area (Å²) in [5.41, 5.74) is 2.89. The Morgan fingerprint density at radius 3 is 2.28 bits per heavy atom. The van der Waals surface area contributed by atoms with Crippen molar-refractivity contribution in [2.45, 2.75) is 149 Å². The molecule has 0 saturated heterocycles. The third-order valence-corrected chi connectivity index (χ3v) is 11.2. The van der Waals surface area contributed by atoms with E-state index in [0.29, 0.717) is 10.8 Å². The zero-order chi connectivity index (χ0) is 22.6. The summed E-state index contributed by atoms with van der Waals surface area (Å²) in [5.74, 6) is 3.63. The van der Waals surface area contributed by atoms with E-state index in [4.69, 9.17) is 0 Å². The molecule has 4 rings (SSSR count). The summed E-state index contributed by atoms with van der Waals surface area (Å²) in [6.07, 6.45) is 29.0. The van der Waals surface area contributed by atoms with Crippen molar-refractivity contribution in [3.8, 4) is 0 Å². The molecular formula is C31H54O. The quantitative estimate of drug-likeness (QED) is 0.264. The fraction of sp³-hybridized carbons (Fsp3) is 0.935. The number of hydrogen-bond donors (Lipinski definition) is 1. The summed E-state index contributed by atoms with van der Waals surface area (Å²) in [4.78, 5) is 0. The van der Waals surface area contributed by atoms with Gasteiger partial charge >= 0.3 is 0 Å². The summed E-state index contributed by atoms with van der Waals surface area (Å²) < 4.78 is 0. The topological polar surface area (TPSA) is 20.2 Å². The molecule has 1 N–H and O–H groups in total. The van der Waals surface area contributed by atoms with E-state index in [1.54, 1.807) is 0 Å². The lowest BCUT2D eigenvalue weighted by molar-refractivity contribution is -0.116. The van der Waals surface area contributed by atoms with E-state index in [1.165, 1.54) is 109 Å². The van der Waals surface area contributed by atoms with Gasteiger partial charge in [0.25, 0.3) is 0 Å². The van der Waals surface area contributed by atoms with Gasteiger partial charge in [0.05, 0.1) is 6.10 Å². The van der Waals surface area contributed by atoms with Gasteiger partial charge in [0.15, 0.2) is 0 Å². The Morgan fingerprint density at radius 2 is 1.53 bits per heavy atom. The molecule has 1 nitrogen and oxygen atoms in total. The van der Waals surface area contributed by atoms with E-state index in [2.05, 4.69) is 26.8 Å². The van der Waals surface area contributed by atoms with E-state index < -0.39 is 0 Å². The van der Waals surface area contributed by atoms with Gasteiger partial charge < -0.3 is 5.11 Å². The van der Waals surface area contributed by atoms with E-state index in [9.17, 15) is 5.11 Å². The van der Waals surface area contributed by atoms with Crippen molar-refractivity contribution < 1.29 is 5.11 Å². The molecule has 0 aliphatic heterocycles. The van der Waals surface area contributed by atoms with Crippen LogP contribution in [0.2, 0.25) is 0 Å². The molecular weight excluding hydrogens is 388 g/mol. The van der Waals surface area contributed by atoms with Crippen LogP contribution < -0.4 is 0 Å². The van der Waals surface area contributed by atoms with E-state index in [0.717, 1.165) is 36.5 Å². The minimum Gasteiger partial charge on any atom is -0.393 e. The average Bonchev–Trinajstić information content (AvgIpc) is 3.12. The van der Waals surface area contributed by atoms with E-state index >= 15 is 0 Å². The fourth-order valence-electron chi connectivity index (χ4n) is 9.15. The van der Waals surface area contributed by atoms with Crippen molar-refractivity contribution in [1.82, 2.24) is 0 Å². The maximum absolute atomic E-state index is 10.3. The molecule has 0 bridgehead atoms. The second kappa shape index (κ2) is 11.0. The lowest BCUT2D eigenvalue weighted by atomic mass is 9.45. The van der Waals surface area contributed by atoms with Crippen LogP contribution in [0.1, 0.15) is 143 Å². The largest absolute Gasteiger partial charge is 0.393 e. The molecule has 4 unspecified atom stereocenters. The lowest BCUT2D eigenvalue weighted by Crippen LogP contribution is -2.53. The Balaban J connectivity index is 1.26. The third-order valence-electron chi connectivity index (χ3n) is 11.2. The first-order chi connectivity index (χ1) is 15.5. The number of aliphatic hydroxyl groups is 1. The molecule has 4 saturated carbocycles. The summed E-state index contributed by atoms with van der Waals surface area (Å²) in [5, 5.41) is 10.3. The Bertz CT molecular complexity index is 622. The second-order valence-corrected chi connectivity index (χ2v) is 12.9. The van der Waals surface area contributed by atoms with Crippen LogP contribution in [0.25, 0.3) is 0 Å². The molecule has 4 aliphatic carbocycles. The zero-order valence-electron chi connectivity index (χ0n) is 21.8. The Labute approximate surface area is 200 Å². The molecule has 0 aromatic rings. The van der Waals surface area contributed by atoms with Crippen molar-refractivity contribution in [3.05, 3.63) is 11.6 Å². The molecule has 7 atom stereocenters. The Morgan fingerprint density at radius 1 is 0.812 bits per heavy atom. The van der Waals surface area contributed by atoms with Gasteiger partial charge in [0, 0.05) is 0 Å². The SMILES string of the molecule is CCCCCCCCCCC/C=C1/CCC2C3CCC4C[C@@H](O)CC[C@]4(C)C3CC[C@]12C. The molecule has 0 aromatic carbocycles. The van der Waals surface area contributed by atoms with E-state index in [-0.39, 0.29) is 6.10 Å². The smallest absolute Gasteiger partial charge is 0.0543 e. The first kappa shape index (κ1) is 24.8. The third kappa shape index (κ3) is 5.04. The number of aliphatic hydroxyl groups excluding tert-OH is 1. The molecule has 184 valence electrons. The highest BCUT2D eigenvalue weighted by Gasteiger charge is 2.58. The van der Waals surface area contributed by atoms with Gasteiger partial charge in [-0.05, 0) is 105 Å². The summed E-state index contributed by atoms with van der Waals surface area (Å²) in [6.45, 7) is 7.58. The van der Waals surface area contributed by atoms with Crippen LogP contribution >= 0.6 is 0 Å². The van der Waals surface area contributed by atoms with E-state index in [1.807, 2.05) is 5.57 Å². The summed E-state index contributed by atoms with van der Waals surface area (Å²) in [7, 11) is 0. The van der Waals surface area contributed by atoms with Crippen molar-refractivity contribution in [3.63, 3.8) is 0 Å². The maximum atomic E-state index is 10.3. The van der Waals surface area contributed by atoms with Crippen LogP contribution in [0, 0.1) is 34.5 Å². The molecule has 4 aliphatic rings. The predicted molar refractivity (Wildman–Crippen MR) is 138 cm³/mol. The van der Waals surface area contributed by atoms with Gasteiger partial charge in [-0.25, -0.2) is 0 Å². The fourth-order valence-corrected chi connectivity index (χ4v) is 9.15. The van der Waals surface area contributed by atoms with Crippen molar-refractivity contribution in [2.24, 2.45) is 34.5 Å². The number of allylic oxidation sites excluding steroid dienone is 2. The van der Waals surface area contributed by atoms with Gasteiger partial charge in [-0.2, -0.15) is 0 Å². The summed E-state index contributed by atoms with van der Waals surface area (Å²) >= 11 is 0. The van der Waals surface area contributed by atoms with Gasteiger partial charge in [-0.15, -0.1) is 0 Å². The minimum atomic E-state index is -0.0134. The predicted octanol–water partition coefficient (Wildman–Crippen LogP) is 9.24. The second-order valence-electron chi connectivity index (χ2n) is 12.9. The van der Waals surface area contributed by atoms with Crippen LogP contribution in [0.5, 0.6) is 0 Å². The Kier molecular flexibility index (Phi) is 8.50. The van der Waals surface area contributed by atoms with Crippen LogP contribution in [0.4, 0.5) is 0 Å². The molecule has 32 heavy (non-hydrogen) atoms. The first-order valence-corrected chi connectivity index (χ1v) is 14.9. The van der Waals surface area contributed by atoms with Crippen molar-refractivity contribution in [1.29, 1.82) is 0 Å². The van der Waals surface area contributed by atoms with Crippen LogP contribution in [-0.4, -0.2) is 11.2 Å². The maximum Gasteiger partial charge on any atom is 0.0543 e.